The van der Waals surface area contributed by atoms with Gasteiger partial charge in [-0.1, -0.05) is 29.8 Å². The van der Waals surface area contributed by atoms with Crippen molar-refractivity contribution in [3.63, 3.8) is 0 Å². The summed E-state index contributed by atoms with van der Waals surface area (Å²) in [5.41, 5.74) is 2.52. The Morgan fingerprint density at radius 3 is 2.46 bits per heavy atom. The highest BCUT2D eigenvalue weighted by atomic mass is 35.5. The van der Waals surface area contributed by atoms with Gasteiger partial charge in [0.1, 0.15) is 5.82 Å². The number of para-hydroxylation sites is 1. The molecule has 0 aliphatic heterocycles. The number of nitrogens with one attached hydrogen (secondary N) is 1. The summed E-state index contributed by atoms with van der Waals surface area (Å²) in [5.74, 6) is 1.02. The Morgan fingerprint density at radius 1 is 1.08 bits per heavy atom. The highest BCUT2D eigenvalue weighted by Gasteiger charge is 2.28. The fourth-order valence-corrected chi connectivity index (χ4v) is 2.75. The second-order valence-electron chi connectivity index (χ2n) is 5.94. The highest BCUT2D eigenvalue weighted by molar-refractivity contribution is 6.30. The van der Waals surface area contributed by atoms with E-state index in [0.29, 0.717) is 22.3 Å². The van der Waals surface area contributed by atoms with Crippen molar-refractivity contribution < 1.29 is 4.79 Å². The molecule has 3 aromatic rings. The number of aromatic nitrogens is 2. The van der Waals surface area contributed by atoms with Gasteiger partial charge >= 0.3 is 0 Å². The lowest BCUT2D eigenvalue weighted by atomic mass is 10.2. The number of carbonyl (C=O) groups excluding carboxylic acids is 1. The molecule has 1 aromatic heterocycles. The average molecular weight is 338 g/mol. The zero-order chi connectivity index (χ0) is 16.5. The van der Waals surface area contributed by atoms with Crippen LogP contribution in [0.25, 0.3) is 5.69 Å². The van der Waals surface area contributed by atoms with Crippen molar-refractivity contribution in [1.82, 2.24) is 9.78 Å². The monoisotopic (exact) mass is 337 g/mol. The predicted molar refractivity (Wildman–Crippen MR) is 94.9 cm³/mol. The maximum Gasteiger partial charge on any atom is 0.256 e. The minimum absolute atomic E-state index is 0.175. The van der Waals surface area contributed by atoms with E-state index in [1.54, 1.807) is 28.9 Å². The fraction of sp³-hybridized carbons (Fsp3) is 0.158. The van der Waals surface area contributed by atoms with Gasteiger partial charge in [-0.3, -0.25) is 4.79 Å². The third-order valence-corrected chi connectivity index (χ3v) is 4.32. The van der Waals surface area contributed by atoms with E-state index in [9.17, 15) is 4.79 Å². The van der Waals surface area contributed by atoms with Crippen LogP contribution in [0, 0.1) is 0 Å². The molecule has 1 saturated carbocycles. The summed E-state index contributed by atoms with van der Waals surface area (Å²) in [6.45, 7) is 0. The summed E-state index contributed by atoms with van der Waals surface area (Å²) in [6, 6.07) is 18.6. The molecule has 1 aliphatic rings. The van der Waals surface area contributed by atoms with Crippen LogP contribution in [-0.2, 0) is 0 Å². The highest BCUT2D eigenvalue weighted by Crippen LogP contribution is 2.40. The number of benzene rings is 2. The number of amides is 1. The lowest BCUT2D eigenvalue weighted by Gasteiger charge is -2.09. The summed E-state index contributed by atoms with van der Waals surface area (Å²) in [5, 5.41) is 8.26. The molecule has 1 amide bonds. The van der Waals surface area contributed by atoms with Crippen molar-refractivity contribution in [2.45, 2.75) is 18.8 Å². The molecule has 1 aliphatic carbocycles. The van der Waals surface area contributed by atoms with E-state index in [0.717, 1.165) is 24.2 Å². The second-order valence-corrected chi connectivity index (χ2v) is 6.37. The van der Waals surface area contributed by atoms with Crippen LogP contribution in [0.1, 0.15) is 34.8 Å². The Bertz CT molecular complexity index is 867. The number of nitrogens with zero attached hydrogens (tertiary/aromatic N) is 2. The summed E-state index contributed by atoms with van der Waals surface area (Å²) in [6.07, 6.45) is 2.33. The summed E-state index contributed by atoms with van der Waals surface area (Å²) in [7, 11) is 0. The van der Waals surface area contributed by atoms with E-state index < -0.39 is 0 Å². The van der Waals surface area contributed by atoms with E-state index in [4.69, 9.17) is 11.6 Å². The van der Waals surface area contributed by atoms with Crippen molar-refractivity contribution in [1.29, 1.82) is 0 Å². The van der Waals surface area contributed by atoms with Gasteiger partial charge in [-0.2, -0.15) is 5.10 Å². The number of rotatable bonds is 4. The molecule has 0 unspecified atom stereocenters. The molecular formula is C19H16ClN3O. The topological polar surface area (TPSA) is 46.9 Å². The Hall–Kier alpha value is -2.59. The molecule has 24 heavy (non-hydrogen) atoms. The van der Waals surface area contributed by atoms with Crippen molar-refractivity contribution in [3.8, 4) is 5.69 Å². The number of hydrogen-bond acceptors (Lipinski definition) is 2. The van der Waals surface area contributed by atoms with Crippen LogP contribution in [0.3, 0.4) is 0 Å². The molecule has 1 fully saturated rings. The van der Waals surface area contributed by atoms with Gasteiger partial charge in [0.2, 0.25) is 0 Å². The average Bonchev–Trinajstić information content (AvgIpc) is 3.37. The summed E-state index contributed by atoms with van der Waals surface area (Å²) >= 11 is 5.88. The molecular weight excluding hydrogens is 322 g/mol. The molecule has 2 aromatic carbocycles. The number of carbonyl (C=O) groups is 1. The van der Waals surface area contributed by atoms with E-state index in [-0.39, 0.29) is 5.91 Å². The largest absolute Gasteiger partial charge is 0.306 e. The fourth-order valence-electron chi connectivity index (χ4n) is 2.62. The van der Waals surface area contributed by atoms with Gasteiger partial charge < -0.3 is 5.32 Å². The Labute approximate surface area is 145 Å². The quantitative estimate of drug-likeness (QED) is 0.753. The molecule has 4 nitrogen and oxygen atoms in total. The first-order chi connectivity index (χ1) is 11.7. The zero-order valence-corrected chi connectivity index (χ0v) is 13.7. The Kier molecular flexibility index (Phi) is 3.82. The van der Waals surface area contributed by atoms with E-state index in [1.165, 1.54) is 0 Å². The molecule has 0 saturated heterocycles. The molecule has 1 N–H and O–H groups in total. The third-order valence-electron chi connectivity index (χ3n) is 4.07. The lowest BCUT2D eigenvalue weighted by Crippen LogP contribution is -2.15. The van der Waals surface area contributed by atoms with Gasteiger partial charge in [0.05, 0.1) is 11.4 Å². The summed E-state index contributed by atoms with van der Waals surface area (Å²) in [4.78, 5) is 12.5. The van der Waals surface area contributed by atoms with Crippen LogP contribution in [0.2, 0.25) is 5.02 Å². The molecule has 0 atom stereocenters. The van der Waals surface area contributed by atoms with Crippen molar-refractivity contribution in [2.75, 3.05) is 5.32 Å². The molecule has 4 rings (SSSR count). The third kappa shape index (κ3) is 3.05. The SMILES string of the molecule is O=C(Nc1cc(C2CC2)nn1-c1ccccc1)c1ccc(Cl)cc1. The van der Waals surface area contributed by atoms with Gasteiger partial charge in [0.25, 0.3) is 5.91 Å². The van der Waals surface area contributed by atoms with Crippen LogP contribution >= 0.6 is 11.6 Å². The van der Waals surface area contributed by atoms with Gasteiger partial charge in [0, 0.05) is 22.6 Å². The van der Waals surface area contributed by atoms with Gasteiger partial charge in [-0.05, 0) is 49.2 Å². The van der Waals surface area contributed by atoms with E-state index in [1.807, 2.05) is 36.4 Å². The first kappa shape index (κ1) is 15.0. The normalized spacial score (nSPS) is 13.7. The molecule has 120 valence electrons. The van der Waals surface area contributed by atoms with Crippen LogP contribution in [0.4, 0.5) is 5.82 Å². The van der Waals surface area contributed by atoms with Crippen LogP contribution in [0.15, 0.2) is 60.7 Å². The van der Waals surface area contributed by atoms with E-state index >= 15 is 0 Å². The number of hydrogen-bond donors (Lipinski definition) is 1. The van der Waals surface area contributed by atoms with Crippen LogP contribution in [-0.4, -0.2) is 15.7 Å². The smallest absolute Gasteiger partial charge is 0.256 e. The number of halogens is 1. The van der Waals surface area contributed by atoms with Crippen molar-refractivity contribution in [3.05, 3.63) is 76.9 Å². The van der Waals surface area contributed by atoms with Crippen LogP contribution < -0.4 is 5.32 Å². The minimum Gasteiger partial charge on any atom is -0.306 e. The minimum atomic E-state index is -0.175. The molecule has 1 heterocycles. The van der Waals surface area contributed by atoms with Gasteiger partial charge in [-0.25, -0.2) is 4.68 Å². The maximum absolute atomic E-state index is 12.5. The molecule has 0 bridgehead atoms. The Morgan fingerprint density at radius 2 is 1.79 bits per heavy atom. The molecule has 0 radical (unpaired) electrons. The first-order valence-electron chi connectivity index (χ1n) is 7.93. The zero-order valence-electron chi connectivity index (χ0n) is 12.9. The van der Waals surface area contributed by atoms with E-state index in [2.05, 4.69) is 10.4 Å². The molecule has 0 spiro atoms. The first-order valence-corrected chi connectivity index (χ1v) is 8.31. The second kappa shape index (κ2) is 6.13. The lowest BCUT2D eigenvalue weighted by molar-refractivity contribution is 0.102. The standard InChI is InChI=1S/C19H16ClN3O/c20-15-10-8-14(9-11-15)19(24)21-18-12-17(13-6-7-13)22-23(18)16-4-2-1-3-5-16/h1-5,8-13H,6-7H2,(H,21,24). The Balaban J connectivity index is 1.66. The summed E-state index contributed by atoms with van der Waals surface area (Å²) < 4.78 is 1.79. The maximum atomic E-state index is 12.5. The number of anilines is 1. The van der Waals surface area contributed by atoms with Crippen LogP contribution in [0.5, 0.6) is 0 Å². The predicted octanol–water partition coefficient (Wildman–Crippen LogP) is 4.66. The van der Waals surface area contributed by atoms with Crippen molar-refractivity contribution >= 4 is 23.3 Å². The van der Waals surface area contributed by atoms with Crippen molar-refractivity contribution in [2.24, 2.45) is 0 Å². The molecule has 5 heteroatoms. The van der Waals surface area contributed by atoms with Gasteiger partial charge in [-0.15, -0.1) is 0 Å². The van der Waals surface area contributed by atoms with Gasteiger partial charge in [0.15, 0.2) is 0 Å².